The summed E-state index contributed by atoms with van der Waals surface area (Å²) in [5, 5.41) is 0. The summed E-state index contributed by atoms with van der Waals surface area (Å²) in [6.07, 6.45) is 10.8. The van der Waals surface area contributed by atoms with Gasteiger partial charge < -0.3 is 0 Å². The summed E-state index contributed by atoms with van der Waals surface area (Å²) in [4.78, 5) is 24.3. The van der Waals surface area contributed by atoms with E-state index in [1.807, 2.05) is 24.3 Å². The normalized spacial score (nSPS) is 33.6. The summed E-state index contributed by atoms with van der Waals surface area (Å²) in [6, 6.07) is 0. The first kappa shape index (κ1) is 10.8. The third kappa shape index (κ3) is 1.42. The highest BCUT2D eigenvalue weighted by atomic mass is 16.1. The molecule has 2 atom stereocenters. The fraction of sp³-hybridized carbons (Fsp3) is 0.286. The Morgan fingerprint density at radius 3 is 1.56 bits per heavy atom. The van der Waals surface area contributed by atoms with E-state index in [2.05, 4.69) is 0 Å². The fourth-order valence-corrected chi connectivity index (χ4v) is 2.33. The van der Waals surface area contributed by atoms with Crippen molar-refractivity contribution in [3.8, 4) is 0 Å². The van der Waals surface area contributed by atoms with Gasteiger partial charge in [-0.1, -0.05) is 36.5 Å². The average molecular weight is 214 g/mol. The van der Waals surface area contributed by atoms with E-state index in [9.17, 15) is 9.59 Å². The van der Waals surface area contributed by atoms with Crippen molar-refractivity contribution in [2.75, 3.05) is 0 Å². The molecule has 0 saturated heterocycles. The van der Waals surface area contributed by atoms with Gasteiger partial charge in [0.05, 0.1) is 11.8 Å². The second-order valence-corrected chi connectivity index (χ2v) is 3.95. The summed E-state index contributed by atoms with van der Waals surface area (Å²) in [6.45, 7) is 3.60. The van der Waals surface area contributed by atoms with Gasteiger partial charge in [0, 0.05) is 11.1 Å². The molecule has 2 nitrogen and oxygen atoms in total. The Morgan fingerprint density at radius 1 is 0.875 bits per heavy atom. The van der Waals surface area contributed by atoms with Crippen LogP contribution >= 0.6 is 0 Å². The van der Waals surface area contributed by atoms with Crippen molar-refractivity contribution in [1.29, 1.82) is 0 Å². The zero-order valence-corrected chi connectivity index (χ0v) is 9.44. The molecule has 0 aromatic rings. The molecule has 0 spiro atoms. The Hall–Kier alpha value is -1.70. The maximum absolute atomic E-state index is 12.2. The van der Waals surface area contributed by atoms with Gasteiger partial charge in [-0.25, -0.2) is 0 Å². The lowest BCUT2D eigenvalue weighted by atomic mass is 9.70. The molecular formula is C14H14O2. The topological polar surface area (TPSA) is 34.1 Å². The van der Waals surface area contributed by atoms with E-state index in [0.717, 1.165) is 0 Å². The summed E-state index contributed by atoms with van der Waals surface area (Å²) in [7, 11) is 0. The second-order valence-electron chi connectivity index (χ2n) is 3.95. The van der Waals surface area contributed by atoms with E-state index < -0.39 is 0 Å². The predicted octanol–water partition coefficient (Wildman–Crippen LogP) is 2.39. The molecular weight excluding hydrogens is 200 g/mol. The first-order valence-corrected chi connectivity index (χ1v) is 5.47. The van der Waals surface area contributed by atoms with Crippen molar-refractivity contribution in [2.24, 2.45) is 11.8 Å². The van der Waals surface area contributed by atoms with Crippen LogP contribution in [0.5, 0.6) is 0 Å². The van der Waals surface area contributed by atoms with Crippen LogP contribution in [0.25, 0.3) is 0 Å². The quantitative estimate of drug-likeness (QED) is 0.580. The van der Waals surface area contributed by atoms with E-state index in [0.29, 0.717) is 11.1 Å². The number of hydrogen-bond donors (Lipinski definition) is 0. The van der Waals surface area contributed by atoms with Crippen LogP contribution in [0.2, 0.25) is 0 Å². The van der Waals surface area contributed by atoms with Gasteiger partial charge in [-0.05, 0) is 13.8 Å². The summed E-state index contributed by atoms with van der Waals surface area (Å²) < 4.78 is 0. The Bertz CT molecular complexity index is 417. The molecule has 0 aromatic heterocycles. The van der Waals surface area contributed by atoms with Crippen molar-refractivity contribution in [2.45, 2.75) is 13.8 Å². The van der Waals surface area contributed by atoms with Crippen LogP contribution in [0.3, 0.4) is 0 Å². The lowest BCUT2D eigenvalue weighted by Crippen LogP contribution is -2.37. The van der Waals surface area contributed by atoms with Crippen LogP contribution in [0.15, 0.2) is 47.6 Å². The van der Waals surface area contributed by atoms with Crippen LogP contribution in [-0.2, 0) is 9.59 Å². The molecule has 82 valence electrons. The fourth-order valence-electron chi connectivity index (χ4n) is 2.33. The number of carbonyl (C=O) groups excluding carboxylic acids is 2. The number of allylic oxidation sites excluding steroid dienone is 8. The Balaban J connectivity index is 2.52. The minimum atomic E-state index is -0.299. The van der Waals surface area contributed by atoms with Crippen LogP contribution in [0.1, 0.15) is 13.8 Å². The molecule has 2 aliphatic rings. The minimum absolute atomic E-state index is 0.0563. The minimum Gasteiger partial charge on any atom is -0.293 e. The van der Waals surface area contributed by atoms with E-state index >= 15 is 0 Å². The van der Waals surface area contributed by atoms with Gasteiger partial charge in [0.15, 0.2) is 11.6 Å². The average Bonchev–Trinajstić information content (AvgIpc) is 2.33. The lowest BCUT2D eigenvalue weighted by Gasteiger charge is -2.29. The second kappa shape index (κ2) is 4.05. The predicted molar refractivity (Wildman–Crippen MR) is 62.8 cm³/mol. The van der Waals surface area contributed by atoms with E-state index in [1.165, 1.54) is 0 Å². The van der Waals surface area contributed by atoms with Crippen LogP contribution in [0, 0.1) is 11.8 Å². The molecule has 0 radical (unpaired) electrons. The third-order valence-electron chi connectivity index (χ3n) is 3.14. The van der Waals surface area contributed by atoms with E-state index in [-0.39, 0.29) is 23.4 Å². The van der Waals surface area contributed by atoms with E-state index in [4.69, 9.17) is 0 Å². The van der Waals surface area contributed by atoms with Crippen molar-refractivity contribution in [3.63, 3.8) is 0 Å². The third-order valence-corrected chi connectivity index (χ3v) is 3.14. The molecule has 0 aliphatic heterocycles. The largest absolute Gasteiger partial charge is 0.293 e. The summed E-state index contributed by atoms with van der Waals surface area (Å²) in [5.41, 5.74) is 1.13. The molecule has 2 rings (SSSR count). The number of fused-ring (bicyclic) bond motifs is 1. The molecule has 0 bridgehead atoms. The van der Waals surface area contributed by atoms with Gasteiger partial charge in [0.1, 0.15) is 0 Å². The first-order valence-electron chi connectivity index (χ1n) is 5.47. The summed E-state index contributed by atoms with van der Waals surface area (Å²) in [5.74, 6) is -0.485. The van der Waals surface area contributed by atoms with Gasteiger partial charge in [0.2, 0.25) is 0 Å². The zero-order valence-electron chi connectivity index (χ0n) is 9.44. The maximum Gasteiger partial charge on any atom is 0.171 e. The highest BCUT2D eigenvalue weighted by molar-refractivity contribution is 6.20. The van der Waals surface area contributed by atoms with Crippen LogP contribution in [-0.4, -0.2) is 11.6 Å². The Kier molecular flexibility index (Phi) is 2.73. The number of hydrogen-bond acceptors (Lipinski definition) is 2. The van der Waals surface area contributed by atoms with Gasteiger partial charge in [0.25, 0.3) is 0 Å². The molecule has 0 aromatic carbocycles. The van der Waals surface area contributed by atoms with Crippen molar-refractivity contribution in [1.82, 2.24) is 0 Å². The van der Waals surface area contributed by atoms with Gasteiger partial charge >= 0.3 is 0 Å². The van der Waals surface area contributed by atoms with Gasteiger partial charge in [-0.15, -0.1) is 0 Å². The summed E-state index contributed by atoms with van der Waals surface area (Å²) >= 11 is 0. The molecule has 2 heteroatoms. The molecule has 1 fully saturated rings. The molecule has 0 N–H and O–H groups in total. The number of ketones is 2. The molecule has 2 aliphatic carbocycles. The Morgan fingerprint density at radius 2 is 1.25 bits per heavy atom. The van der Waals surface area contributed by atoms with E-state index in [1.54, 1.807) is 26.0 Å². The van der Waals surface area contributed by atoms with Crippen LogP contribution in [0.4, 0.5) is 0 Å². The van der Waals surface area contributed by atoms with Crippen molar-refractivity contribution >= 4 is 11.6 Å². The number of carbonyl (C=O) groups is 2. The number of rotatable bonds is 0. The lowest BCUT2D eigenvalue weighted by molar-refractivity contribution is -0.127. The Labute approximate surface area is 95.0 Å². The smallest absolute Gasteiger partial charge is 0.171 e. The molecule has 16 heavy (non-hydrogen) atoms. The molecule has 2 unspecified atom stereocenters. The van der Waals surface area contributed by atoms with Crippen molar-refractivity contribution < 1.29 is 9.59 Å². The van der Waals surface area contributed by atoms with Crippen molar-refractivity contribution in [3.05, 3.63) is 47.6 Å². The monoisotopic (exact) mass is 214 g/mol. The van der Waals surface area contributed by atoms with Gasteiger partial charge in [-0.3, -0.25) is 9.59 Å². The number of Topliss-reactive ketones (excluding diaryl/α,β-unsaturated/α-hetero) is 2. The van der Waals surface area contributed by atoms with Crippen LogP contribution < -0.4 is 0 Å². The molecule has 1 saturated carbocycles. The highest BCUT2D eigenvalue weighted by Gasteiger charge is 2.40. The molecule has 0 heterocycles. The van der Waals surface area contributed by atoms with Gasteiger partial charge in [-0.2, -0.15) is 0 Å². The SMILES string of the molecule is C/C=C1/C(=O)C2C=CC=CC2C(=O)/C1=C/C. The first-order chi connectivity index (χ1) is 7.70. The zero-order chi connectivity index (χ0) is 11.7. The maximum atomic E-state index is 12.2. The molecule has 0 amide bonds. The highest BCUT2D eigenvalue weighted by Crippen LogP contribution is 2.35. The standard InChI is InChI=1S/C14H14O2/c1-3-9-10(4-2)14(16)12-8-6-5-7-11(12)13(9)15/h3-8,11-12H,1-2H3/b9-3+,10-4+.